The van der Waals surface area contributed by atoms with E-state index >= 15 is 0 Å². The van der Waals surface area contributed by atoms with Crippen molar-refractivity contribution >= 4 is 22.7 Å². The molecule has 2 aromatic rings. The summed E-state index contributed by atoms with van der Waals surface area (Å²) < 4.78 is 0. The Balaban J connectivity index is 1.79. The lowest BCUT2D eigenvalue weighted by molar-refractivity contribution is 0.512. The van der Waals surface area contributed by atoms with Crippen LogP contribution in [0.5, 0.6) is 0 Å². The number of nitrogens with one attached hydrogen (secondary N) is 1. The van der Waals surface area contributed by atoms with Gasteiger partial charge in [0.25, 0.3) is 0 Å². The van der Waals surface area contributed by atoms with Gasteiger partial charge in [0.2, 0.25) is 0 Å². The van der Waals surface area contributed by atoms with Crippen molar-refractivity contribution in [3.8, 4) is 0 Å². The fourth-order valence-corrected chi connectivity index (χ4v) is 5.14. The zero-order valence-corrected chi connectivity index (χ0v) is 14.4. The third-order valence-electron chi connectivity index (χ3n) is 4.15. The minimum absolute atomic E-state index is 0.363. The molecule has 0 saturated carbocycles. The largest absolute Gasteiger partial charge is 0.308 e. The Hall–Kier alpha value is -0.780. The van der Waals surface area contributed by atoms with Crippen LogP contribution in [0.2, 0.25) is 0 Å². The maximum atomic E-state index is 4.53. The summed E-state index contributed by atoms with van der Waals surface area (Å²) in [5.74, 6) is 0.481. The van der Waals surface area contributed by atoms with Crippen LogP contribution >= 0.6 is 22.7 Å². The van der Waals surface area contributed by atoms with E-state index in [4.69, 9.17) is 0 Å². The Morgan fingerprint density at radius 3 is 3.10 bits per heavy atom. The lowest BCUT2D eigenvalue weighted by atomic mass is 9.88. The lowest BCUT2D eigenvalue weighted by Crippen LogP contribution is -2.21. The topological polar surface area (TPSA) is 37.8 Å². The molecule has 0 fully saturated rings. The summed E-state index contributed by atoms with van der Waals surface area (Å²) in [6.45, 7) is 5.46. The normalized spacial score (nSPS) is 19.4. The van der Waals surface area contributed by atoms with Gasteiger partial charge in [0, 0.05) is 10.8 Å². The summed E-state index contributed by atoms with van der Waals surface area (Å²) in [5.41, 5.74) is 1.50. The second kappa shape index (κ2) is 6.99. The van der Waals surface area contributed by atoms with Gasteiger partial charge in [0.1, 0.15) is 10.0 Å². The van der Waals surface area contributed by atoms with Crippen molar-refractivity contribution in [2.45, 2.75) is 57.9 Å². The van der Waals surface area contributed by atoms with Gasteiger partial charge in [0.15, 0.2) is 0 Å². The van der Waals surface area contributed by atoms with Gasteiger partial charge in [-0.3, -0.25) is 0 Å². The molecule has 0 radical (unpaired) electrons. The Labute approximate surface area is 134 Å². The molecule has 1 aliphatic carbocycles. The monoisotopic (exact) mass is 321 g/mol. The second-order valence-electron chi connectivity index (χ2n) is 5.64. The summed E-state index contributed by atoms with van der Waals surface area (Å²) in [6.07, 6.45) is 5.97. The molecule has 0 spiro atoms. The molecule has 2 atom stereocenters. The average molecular weight is 322 g/mol. The molecule has 21 heavy (non-hydrogen) atoms. The first-order valence-electron chi connectivity index (χ1n) is 7.96. The highest BCUT2D eigenvalue weighted by atomic mass is 32.1. The van der Waals surface area contributed by atoms with Gasteiger partial charge in [0.05, 0.1) is 6.04 Å². The van der Waals surface area contributed by atoms with Crippen LogP contribution in [0.25, 0.3) is 0 Å². The van der Waals surface area contributed by atoms with Gasteiger partial charge in [-0.05, 0) is 55.7 Å². The molecule has 0 aromatic carbocycles. The number of thiophene rings is 1. The predicted octanol–water partition coefficient (Wildman–Crippen LogP) is 4.52. The molecule has 3 nitrogen and oxygen atoms in total. The summed E-state index contributed by atoms with van der Waals surface area (Å²) in [7, 11) is 0. The summed E-state index contributed by atoms with van der Waals surface area (Å²) >= 11 is 3.71. The SMILES string of the molecule is CCCNC(CC)c1nnc(C2CCCc3sccc32)s1. The number of aromatic nitrogens is 2. The fraction of sp³-hybridized carbons (Fsp3) is 0.625. The number of nitrogens with zero attached hydrogens (tertiary/aromatic N) is 2. The Bertz CT molecular complexity index is 576. The molecule has 0 saturated heterocycles. The maximum Gasteiger partial charge on any atom is 0.134 e. The average Bonchev–Trinajstić information content (AvgIpc) is 3.16. The molecule has 0 aliphatic heterocycles. The smallest absolute Gasteiger partial charge is 0.134 e. The van der Waals surface area contributed by atoms with Gasteiger partial charge in [-0.25, -0.2) is 0 Å². The van der Waals surface area contributed by atoms with Crippen molar-refractivity contribution in [2.75, 3.05) is 6.54 Å². The van der Waals surface area contributed by atoms with E-state index in [0.717, 1.165) is 24.4 Å². The van der Waals surface area contributed by atoms with Crippen LogP contribution in [0.15, 0.2) is 11.4 Å². The van der Waals surface area contributed by atoms with E-state index in [1.54, 1.807) is 4.88 Å². The predicted molar refractivity (Wildman–Crippen MR) is 90.3 cm³/mol. The third kappa shape index (κ3) is 3.20. The molecule has 3 rings (SSSR count). The van der Waals surface area contributed by atoms with Crippen molar-refractivity contribution in [3.05, 3.63) is 31.9 Å². The number of aryl methyl sites for hydroxylation is 1. The van der Waals surface area contributed by atoms with Gasteiger partial charge >= 0.3 is 0 Å². The van der Waals surface area contributed by atoms with E-state index in [1.807, 2.05) is 22.7 Å². The molecule has 2 heterocycles. The van der Waals surface area contributed by atoms with Crippen molar-refractivity contribution in [3.63, 3.8) is 0 Å². The molecule has 0 amide bonds. The number of hydrogen-bond acceptors (Lipinski definition) is 5. The minimum Gasteiger partial charge on any atom is -0.308 e. The lowest BCUT2D eigenvalue weighted by Gasteiger charge is -2.20. The Morgan fingerprint density at radius 2 is 2.29 bits per heavy atom. The standard InChI is InChI=1S/C16H23N3S2/c1-3-9-17-13(4-2)16-19-18-15(21-16)12-6-5-7-14-11(12)8-10-20-14/h8,10,12-13,17H,3-7,9H2,1-2H3. The number of fused-ring (bicyclic) bond motifs is 1. The molecule has 2 aromatic heterocycles. The van der Waals surface area contributed by atoms with Crippen molar-refractivity contribution < 1.29 is 0 Å². The van der Waals surface area contributed by atoms with Crippen molar-refractivity contribution in [1.29, 1.82) is 0 Å². The quantitative estimate of drug-likeness (QED) is 0.850. The van der Waals surface area contributed by atoms with Gasteiger partial charge in [-0.1, -0.05) is 25.2 Å². The fourth-order valence-electron chi connectivity index (χ4n) is 3.00. The van der Waals surface area contributed by atoms with E-state index in [2.05, 4.69) is 40.8 Å². The molecular weight excluding hydrogens is 298 g/mol. The first-order chi connectivity index (χ1) is 10.3. The zero-order valence-electron chi connectivity index (χ0n) is 12.8. The summed E-state index contributed by atoms with van der Waals surface area (Å²) in [5, 5.41) is 17.2. The first kappa shape index (κ1) is 15.1. The van der Waals surface area contributed by atoms with Crippen LogP contribution in [0.3, 0.4) is 0 Å². The zero-order chi connectivity index (χ0) is 14.7. The number of rotatable bonds is 6. The second-order valence-corrected chi connectivity index (χ2v) is 7.68. The van der Waals surface area contributed by atoms with E-state index in [-0.39, 0.29) is 0 Å². The summed E-state index contributed by atoms with van der Waals surface area (Å²) in [6, 6.07) is 2.65. The Morgan fingerprint density at radius 1 is 1.38 bits per heavy atom. The van der Waals surface area contributed by atoms with Crippen LogP contribution in [-0.2, 0) is 6.42 Å². The summed E-state index contributed by atoms with van der Waals surface area (Å²) in [4.78, 5) is 1.55. The van der Waals surface area contributed by atoms with E-state index in [1.165, 1.54) is 29.8 Å². The number of hydrogen-bond donors (Lipinski definition) is 1. The molecule has 1 N–H and O–H groups in total. The molecule has 1 aliphatic rings. The molecule has 114 valence electrons. The highest BCUT2D eigenvalue weighted by molar-refractivity contribution is 7.11. The van der Waals surface area contributed by atoms with Gasteiger partial charge < -0.3 is 5.32 Å². The molecular formula is C16H23N3S2. The molecule has 0 bridgehead atoms. The highest BCUT2D eigenvalue weighted by Crippen LogP contribution is 2.40. The maximum absolute atomic E-state index is 4.53. The molecule has 2 unspecified atom stereocenters. The van der Waals surface area contributed by atoms with Crippen molar-refractivity contribution in [1.82, 2.24) is 15.5 Å². The minimum atomic E-state index is 0.363. The molecule has 5 heteroatoms. The van der Waals surface area contributed by atoms with E-state index in [9.17, 15) is 0 Å². The Kier molecular flexibility index (Phi) is 5.03. The highest BCUT2D eigenvalue weighted by Gasteiger charge is 2.26. The van der Waals surface area contributed by atoms with Gasteiger partial charge in [-0.2, -0.15) is 0 Å². The van der Waals surface area contributed by atoms with Crippen LogP contribution < -0.4 is 5.32 Å². The third-order valence-corrected chi connectivity index (χ3v) is 6.30. The van der Waals surface area contributed by atoms with Crippen LogP contribution in [-0.4, -0.2) is 16.7 Å². The van der Waals surface area contributed by atoms with Gasteiger partial charge in [-0.15, -0.1) is 21.5 Å². The first-order valence-corrected chi connectivity index (χ1v) is 9.66. The van der Waals surface area contributed by atoms with E-state index < -0.39 is 0 Å². The van der Waals surface area contributed by atoms with E-state index in [0.29, 0.717) is 12.0 Å². The van der Waals surface area contributed by atoms with Crippen LogP contribution in [0, 0.1) is 0 Å². The van der Waals surface area contributed by atoms with Crippen LogP contribution in [0.1, 0.15) is 71.9 Å². The van der Waals surface area contributed by atoms with Crippen molar-refractivity contribution in [2.24, 2.45) is 0 Å². The van der Waals surface area contributed by atoms with Crippen LogP contribution in [0.4, 0.5) is 0 Å².